The van der Waals surface area contributed by atoms with Gasteiger partial charge in [-0.3, -0.25) is 14.4 Å². The molecule has 0 bridgehead atoms. The number of aromatic nitrogens is 1. The number of pyridine rings is 1. The molecule has 24 heavy (non-hydrogen) atoms. The predicted octanol–water partition coefficient (Wildman–Crippen LogP) is -2.20. The lowest BCUT2D eigenvalue weighted by atomic mass is 10.1. The number of aliphatic carboxylic acids is 1. The minimum Gasteiger partial charge on any atom is -0.506 e. The van der Waals surface area contributed by atoms with Crippen LogP contribution in [0.5, 0.6) is 5.75 Å². The Morgan fingerprint density at radius 1 is 1.29 bits per heavy atom. The largest absolute Gasteiger partial charge is 0.506 e. The van der Waals surface area contributed by atoms with Gasteiger partial charge in [0.25, 0.3) is 11.5 Å². The number of hydrogen-bond donors (Lipinski definition) is 3. The Bertz CT molecular complexity index is 826. The van der Waals surface area contributed by atoms with E-state index in [4.69, 9.17) is 14.7 Å². The summed E-state index contributed by atoms with van der Waals surface area (Å²) < 4.78 is 5.79. The van der Waals surface area contributed by atoms with Crippen molar-refractivity contribution in [2.75, 3.05) is 26.9 Å². The fraction of sp³-hybridized carbons (Fsp3) is 0.400. The summed E-state index contributed by atoms with van der Waals surface area (Å²) >= 11 is 0. The molecule has 0 unspecified atom stereocenters. The number of nitrogens with one attached hydrogen (secondary N) is 1. The number of carbonyl (C=O) groups is 2. The molecule has 0 saturated heterocycles. The van der Waals surface area contributed by atoms with E-state index in [1.807, 2.05) is 0 Å². The van der Waals surface area contributed by atoms with Gasteiger partial charge in [0.2, 0.25) is 0 Å². The second kappa shape index (κ2) is 7.64. The predicted molar refractivity (Wildman–Crippen MR) is 83.1 cm³/mol. The van der Waals surface area contributed by atoms with Crippen molar-refractivity contribution >= 4 is 24.0 Å². The molecule has 0 atom stereocenters. The van der Waals surface area contributed by atoms with Gasteiger partial charge in [-0.05, 0) is 12.8 Å². The Kier molecular flexibility index (Phi) is 5.59. The number of fused-ring (bicyclic) bond motifs is 1. The minimum atomic E-state index is -1.27. The van der Waals surface area contributed by atoms with E-state index in [2.05, 4.69) is 5.32 Å². The molecule has 1 amide bonds. The molecule has 0 aromatic carbocycles. The summed E-state index contributed by atoms with van der Waals surface area (Å²) in [4.78, 5) is 40.6. The van der Waals surface area contributed by atoms with Crippen LogP contribution in [0.15, 0.2) is 4.79 Å². The number of nitrogens with zero attached hydrogens (tertiary/aromatic N) is 1. The van der Waals surface area contributed by atoms with Crippen LogP contribution in [-0.2, 0) is 9.53 Å². The first kappa shape index (κ1) is 17.5. The fourth-order valence-corrected chi connectivity index (χ4v) is 2.31. The monoisotopic (exact) mass is 338 g/mol. The molecule has 1 aromatic heterocycles. The van der Waals surface area contributed by atoms with Crippen LogP contribution in [0.4, 0.5) is 0 Å². The van der Waals surface area contributed by atoms with Crippen molar-refractivity contribution in [1.82, 2.24) is 10.0 Å². The van der Waals surface area contributed by atoms with Crippen molar-refractivity contribution in [3.63, 3.8) is 0 Å². The van der Waals surface area contributed by atoms with Crippen LogP contribution >= 0.6 is 0 Å². The van der Waals surface area contributed by atoms with E-state index < -0.39 is 35.3 Å². The summed E-state index contributed by atoms with van der Waals surface area (Å²) in [5.41, 5.74) is -1.42. The van der Waals surface area contributed by atoms with Gasteiger partial charge in [-0.2, -0.15) is 0 Å². The SMILES string of the molecule is COCCOn1c(=O)c(C(=O)NCC(=O)O)c(O)c2c1=CCCC=2. The van der Waals surface area contributed by atoms with Gasteiger partial charge in [-0.15, -0.1) is 4.73 Å². The van der Waals surface area contributed by atoms with Crippen molar-refractivity contribution in [1.29, 1.82) is 0 Å². The Balaban J connectivity index is 2.56. The van der Waals surface area contributed by atoms with Gasteiger partial charge in [-0.1, -0.05) is 12.2 Å². The number of rotatable bonds is 7. The standard InChI is InChI=1S/C15H18N2O7/c1-23-6-7-24-17-10-5-3-2-4-9(10)13(20)12(15(17)22)14(21)16-8-11(18)19/h4-5,20H,2-3,6-8H2,1H3,(H,16,21)(H,18,19). The molecule has 0 aliphatic heterocycles. The molecule has 1 heterocycles. The average molecular weight is 338 g/mol. The molecule has 1 aliphatic carbocycles. The maximum atomic E-state index is 12.5. The van der Waals surface area contributed by atoms with Crippen molar-refractivity contribution < 1.29 is 29.4 Å². The topological polar surface area (TPSA) is 127 Å². The van der Waals surface area contributed by atoms with E-state index in [0.29, 0.717) is 23.4 Å². The van der Waals surface area contributed by atoms with E-state index >= 15 is 0 Å². The van der Waals surface area contributed by atoms with Crippen molar-refractivity contribution in [2.24, 2.45) is 0 Å². The first-order valence-electron chi connectivity index (χ1n) is 7.28. The summed E-state index contributed by atoms with van der Waals surface area (Å²) in [5, 5.41) is 21.6. The number of aromatic hydroxyl groups is 1. The molecule has 1 aliphatic rings. The number of ether oxygens (including phenoxy) is 1. The highest BCUT2D eigenvalue weighted by atomic mass is 16.7. The Hall–Kier alpha value is -2.81. The van der Waals surface area contributed by atoms with Crippen molar-refractivity contribution in [3.8, 4) is 5.75 Å². The molecule has 0 radical (unpaired) electrons. The minimum absolute atomic E-state index is 0.0671. The second-order valence-electron chi connectivity index (χ2n) is 5.01. The lowest BCUT2D eigenvalue weighted by molar-refractivity contribution is -0.135. The number of carboxylic acids is 1. The Labute approximate surface area is 136 Å². The first-order valence-corrected chi connectivity index (χ1v) is 7.28. The highest BCUT2D eigenvalue weighted by molar-refractivity contribution is 5.97. The van der Waals surface area contributed by atoms with Gasteiger partial charge >= 0.3 is 5.97 Å². The smallest absolute Gasteiger partial charge is 0.322 e. The fourth-order valence-electron chi connectivity index (χ4n) is 2.31. The molecular formula is C15H18N2O7. The molecule has 1 aromatic rings. The normalized spacial score (nSPS) is 12.5. The molecular weight excluding hydrogens is 320 g/mol. The van der Waals surface area contributed by atoms with E-state index in [1.165, 1.54) is 7.11 Å². The number of amides is 1. The van der Waals surface area contributed by atoms with Crippen molar-refractivity contribution in [3.05, 3.63) is 26.5 Å². The molecule has 130 valence electrons. The van der Waals surface area contributed by atoms with Gasteiger partial charge in [0.1, 0.15) is 24.5 Å². The molecule has 0 fully saturated rings. The third kappa shape index (κ3) is 3.57. The third-order valence-corrected chi connectivity index (χ3v) is 3.37. The van der Waals surface area contributed by atoms with Crippen LogP contribution in [0.1, 0.15) is 23.2 Å². The van der Waals surface area contributed by atoms with E-state index in [0.717, 1.165) is 4.73 Å². The van der Waals surface area contributed by atoms with Gasteiger partial charge in [0, 0.05) is 12.3 Å². The van der Waals surface area contributed by atoms with E-state index in [9.17, 15) is 19.5 Å². The van der Waals surface area contributed by atoms with Gasteiger partial charge < -0.3 is 25.1 Å². The maximum Gasteiger partial charge on any atom is 0.322 e. The lowest BCUT2D eigenvalue weighted by Crippen LogP contribution is -2.51. The Morgan fingerprint density at radius 2 is 2.00 bits per heavy atom. The lowest BCUT2D eigenvalue weighted by Gasteiger charge is -2.15. The van der Waals surface area contributed by atoms with Crippen LogP contribution in [0, 0.1) is 0 Å². The summed E-state index contributed by atoms with van der Waals surface area (Å²) in [5.74, 6) is -2.73. The average Bonchev–Trinajstić information content (AvgIpc) is 2.56. The van der Waals surface area contributed by atoms with Crippen molar-refractivity contribution in [2.45, 2.75) is 12.8 Å². The number of carboxylic acid groups (broad SMARTS) is 1. The quantitative estimate of drug-likeness (QED) is 0.481. The Morgan fingerprint density at radius 3 is 2.67 bits per heavy atom. The maximum absolute atomic E-state index is 12.5. The summed E-state index contributed by atoms with van der Waals surface area (Å²) in [6.45, 7) is -0.376. The van der Waals surface area contributed by atoms with Crippen LogP contribution in [0.25, 0.3) is 12.2 Å². The van der Waals surface area contributed by atoms with Gasteiger partial charge in [-0.25, -0.2) is 0 Å². The molecule has 9 nitrogen and oxygen atoms in total. The highest BCUT2D eigenvalue weighted by Gasteiger charge is 2.22. The molecule has 3 N–H and O–H groups in total. The van der Waals surface area contributed by atoms with Crippen LogP contribution in [0.2, 0.25) is 0 Å². The van der Waals surface area contributed by atoms with Crippen LogP contribution in [-0.4, -0.2) is 53.7 Å². The second-order valence-corrected chi connectivity index (χ2v) is 5.01. The zero-order valence-corrected chi connectivity index (χ0v) is 13.1. The summed E-state index contributed by atoms with van der Waals surface area (Å²) in [6.07, 6.45) is 4.70. The van der Waals surface area contributed by atoms with Gasteiger partial charge in [0.05, 0.1) is 12.0 Å². The third-order valence-electron chi connectivity index (χ3n) is 3.37. The van der Waals surface area contributed by atoms with Crippen LogP contribution < -0.4 is 26.3 Å². The van der Waals surface area contributed by atoms with E-state index in [1.54, 1.807) is 12.2 Å². The first-order chi connectivity index (χ1) is 11.5. The number of methoxy groups -OCH3 is 1. The highest BCUT2D eigenvalue weighted by Crippen LogP contribution is 2.07. The zero-order valence-electron chi connectivity index (χ0n) is 13.1. The molecule has 2 rings (SSSR count). The molecule has 0 spiro atoms. The summed E-state index contributed by atoms with van der Waals surface area (Å²) in [6, 6.07) is 0. The van der Waals surface area contributed by atoms with Crippen LogP contribution in [0.3, 0.4) is 0 Å². The zero-order chi connectivity index (χ0) is 17.7. The van der Waals surface area contributed by atoms with Gasteiger partial charge in [0.15, 0.2) is 0 Å². The molecule has 0 saturated carbocycles. The summed E-state index contributed by atoms with van der Waals surface area (Å²) in [7, 11) is 1.48. The van der Waals surface area contributed by atoms with E-state index in [-0.39, 0.29) is 13.2 Å². The number of carbonyl (C=O) groups excluding carboxylic acids is 1. The number of hydrogen-bond acceptors (Lipinski definition) is 6. The molecule has 9 heteroatoms.